The Kier molecular flexibility index (Phi) is 2.66. The zero-order valence-electron chi connectivity index (χ0n) is 10.4. The van der Waals surface area contributed by atoms with E-state index in [4.69, 9.17) is 13.7 Å². The number of methoxy groups -OCH3 is 1. The number of hydrogen-bond acceptors (Lipinski definition) is 7. The molecule has 2 bridgehead atoms. The quantitative estimate of drug-likeness (QED) is 0.501. The molecule has 6 atom stereocenters. The average molecular weight is 290 g/mol. The second-order valence-electron chi connectivity index (χ2n) is 5.30. The topological polar surface area (TPSA) is 96.0 Å². The molecule has 19 heavy (non-hydrogen) atoms. The van der Waals surface area contributed by atoms with E-state index < -0.39 is 46.1 Å². The van der Waals surface area contributed by atoms with E-state index >= 15 is 0 Å². The molecule has 7 nitrogen and oxygen atoms in total. The number of carbonyl (C=O) groups is 2. The number of fused-ring (bicyclic) bond motifs is 1. The van der Waals surface area contributed by atoms with Gasteiger partial charge < -0.3 is 9.47 Å². The van der Waals surface area contributed by atoms with E-state index in [1.165, 1.54) is 7.11 Å². The van der Waals surface area contributed by atoms with Crippen LogP contribution in [0, 0.1) is 23.7 Å². The summed E-state index contributed by atoms with van der Waals surface area (Å²) in [5.41, 5.74) is 0. The third kappa shape index (κ3) is 1.77. The SMILES string of the molecule is COC(=O)C1C2CC3C(OC(=O)C31)C2OS(C)(=O)=O. The molecule has 2 saturated carbocycles. The van der Waals surface area contributed by atoms with E-state index in [2.05, 4.69) is 0 Å². The molecule has 3 fully saturated rings. The lowest BCUT2D eigenvalue weighted by atomic mass is 9.78. The first kappa shape index (κ1) is 12.9. The molecule has 0 spiro atoms. The van der Waals surface area contributed by atoms with Gasteiger partial charge in [-0.05, 0) is 6.42 Å². The van der Waals surface area contributed by atoms with Crippen LogP contribution in [-0.4, -0.2) is 45.9 Å². The molecule has 1 aliphatic heterocycles. The van der Waals surface area contributed by atoms with Crippen LogP contribution in [0.5, 0.6) is 0 Å². The van der Waals surface area contributed by atoms with Crippen molar-refractivity contribution >= 4 is 22.1 Å². The van der Waals surface area contributed by atoms with Gasteiger partial charge in [0.2, 0.25) is 0 Å². The summed E-state index contributed by atoms with van der Waals surface area (Å²) in [6, 6.07) is 0. The Morgan fingerprint density at radius 1 is 1.37 bits per heavy atom. The number of ether oxygens (including phenoxy) is 2. The fraction of sp³-hybridized carbons (Fsp3) is 0.818. The van der Waals surface area contributed by atoms with E-state index in [0.717, 1.165) is 6.26 Å². The molecule has 2 aliphatic carbocycles. The first-order valence-electron chi connectivity index (χ1n) is 6.00. The Morgan fingerprint density at radius 3 is 2.63 bits per heavy atom. The average Bonchev–Trinajstić information content (AvgIpc) is 2.89. The van der Waals surface area contributed by atoms with E-state index in [9.17, 15) is 18.0 Å². The fourth-order valence-corrected chi connectivity index (χ4v) is 4.43. The zero-order valence-corrected chi connectivity index (χ0v) is 11.3. The summed E-state index contributed by atoms with van der Waals surface area (Å²) in [4.78, 5) is 23.6. The van der Waals surface area contributed by atoms with Crippen molar-refractivity contribution in [1.29, 1.82) is 0 Å². The van der Waals surface area contributed by atoms with Gasteiger partial charge in [0.1, 0.15) is 12.2 Å². The highest BCUT2D eigenvalue weighted by Gasteiger charge is 2.69. The van der Waals surface area contributed by atoms with Gasteiger partial charge >= 0.3 is 11.9 Å². The molecule has 1 saturated heterocycles. The molecule has 0 aromatic carbocycles. The maximum atomic E-state index is 11.8. The third-order valence-corrected chi connectivity index (χ3v) is 4.88. The second kappa shape index (κ2) is 3.92. The molecule has 6 unspecified atom stereocenters. The van der Waals surface area contributed by atoms with Crippen LogP contribution in [0.25, 0.3) is 0 Å². The molecule has 1 heterocycles. The number of carbonyl (C=O) groups excluding carboxylic acids is 2. The predicted molar refractivity (Wildman–Crippen MR) is 60.2 cm³/mol. The van der Waals surface area contributed by atoms with Crippen LogP contribution in [0.2, 0.25) is 0 Å². The first-order chi connectivity index (χ1) is 8.83. The first-order valence-corrected chi connectivity index (χ1v) is 7.81. The molecule has 8 heteroatoms. The summed E-state index contributed by atoms with van der Waals surface area (Å²) in [5, 5.41) is 0. The lowest BCUT2D eigenvalue weighted by molar-refractivity contribution is -0.153. The van der Waals surface area contributed by atoms with E-state index in [0.29, 0.717) is 6.42 Å². The molecular formula is C11H14O7S. The standard InChI is InChI=1S/C11H14O7S/c1-16-10(12)6-5-3-4-7(6)11(13)17-8(4)9(5)18-19(2,14)15/h4-9H,3H2,1-2H3. The van der Waals surface area contributed by atoms with Crippen molar-refractivity contribution in [3.05, 3.63) is 0 Å². The third-order valence-electron chi connectivity index (χ3n) is 4.31. The Balaban J connectivity index is 1.94. The highest BCUT2D eigenvalue weighted by molar-refractivity contribution is 7.86. The van der Waals surface area contributed by atoms with Crippen molar-refractivity contribution in [2.75, 3.05) is 13.4 Å². The molecule has 0 aromatic rings. The molecule has 0 radical (unpaired) electrons. The number of rotatable bonds is 3. The maximum Gasteiger partial charge on any atom is 0.310 e. The summed E-state index contributed by atoms with van der Waals surface area (Å²) in [7, 11) is -2.42. The van der Waals surface area contributed by atoms with Gasteiger partial charge in [-0.2, -0.15) is 8.42 Å². The van der Waals surface area contributed by atoms with Crippen molar-refractivity contribution in [1.82, 2.24) is 0 Å². The summed E-state index contributed by atoms with van der Waals surface area (Å²) < 4.78 is 37.5. The van der Waals surface area contributed by atoms with Crippen molar-refractivity contribution < 1.29 is 31.7 Å². The predicted octanol–water partition coefficient (Wildman–Crippen LogP) is -0.688. The monoisotopic (exact) mass is 290 g/mol. The minimum absolute atomic E-state index is 0.145. The number of hydrogen-bond donors (Lipinski definition) is 0. The minimum Gasteiger partial charge on any atom is -0.469 e. The number of esters is 2. The second-order valence-corrected chi connectivity index (χ2v) is 6.91. The van der Waals surface area contributed by atoms with Crippen molar-refractivity contribution in [3.63, 3.8) is 0 Å². The van der Waals surface area contributed by atoms with Gasteiger partial charge in [-0.1, -0.05) is 0 Å². The molecule has 3 aliphatic rings. The lowest BCUT2D eigenvalue weighted by Crippen LogP contribution is -2.43. The summed E-state index contributed by atoms with van der Waals surface area (Å²) in [6.07, 6.45) is 0.173. The van der Waals surface area contributed by atoms with E-state index in [1.807, 2.05) is 0 Å². The lowest BCUT2D eigenvalue weighted by Gasteiger charge is -2.29. The Morgan fingerprint density at radius 2 is 2.05 bits per heavy atom. The molecule has 0 N–H and O–H groups in total. The minimum atomic E-state index is -3.67. The Labute approximate surface area is 110 Å². The van der Waals surface area contributed by atoms with Gasteiger partial charge in [0.25, 0.3) is 10.1 Å². The zero-order chi connectivity index (χ0) is 13.9. The molecule has 0 amide bonds. The van der Waals surface area contributed by atoms with E-state index in [1.54, 1.807) is 0 Å². The van der Waals surface area contributed by atoms with Crippen molar-refractivity contribution in [2.24, 2.45) is 23.7 Å². The van der Waals surface area contributed by atoms with Crippen LogP contribution in [0.15, 0.2) is 0 Å². The highest BCUT2D eigenvalue weighted by atomic mass is 32.2. The van der Waals surface area contributed by atoms with Gasteiger partial charge in [0.15, 0.2) is 0 Å². The summed E-state index contributed by atoms with van der Waals surface area (Å²) in [5.74, 6) is -2.61. The normalized spacial score (nSPS) is 43.4. The molecular weight excluding hydrogens is 276 g/mol. The van der Waals surface area contributed by atoms with Crippen molar-refractivity contribution in [3.8, 4) is 0 Å². The van der Waals surface area contributed by atoms with Gasteiger partial charge in [0, 0.05) is 11.8 Å². The highest BCUT2D eigenvalue weighted by Crippen LogP contribution is 2.59. The van der Waals surface area contributed by atoms with Crippen LogP contribution in [-0.2, 0) is 33.4 Å². The van der Waals surface area contributed by atoms with E-state index in [-0.39, 0.29) is 11.8 Å². The molecule has 0 aromatic heterocycles. The van der Waals surface area contributed by atoms with Crippen LogP contribution < -0.4 is 0 Å². The van der Waals surface area contributed by atoms with Crippen LogP contribution in [0.1, 0.15) is 6.42 Å². The molecule has 3 rings (SSSR count). The van der Waals surface area contributed by atoms with Gasteiger partial charge in [0.05, 0.1) is 25.2 Å². The summed E-state index contributed by atoms with van der Waals surface area (Å²) in [6.45, 7) is 0. The van der Waals surface area contributed by atoms with Crippen molar-refractivity contribution in [2.45, 2.75) is 18.6 Å². The van der Waals surface area contributed by atoms with Gasteiger partial charge in [-0.25, -0.2) is 0 Å². The maximum absolute atomic E-state index is 11.8. The largest absolute Gasteiger partial charge is 0.469 e. The van der Waals surface area contributed by atoms with Gasteiger partial charge in [-0.15, -0.1) is 0 Å². The smallest absolute Gasteiger partial charge is 0.310 e. The van der Waals surface area contributed by atoms with Crippen LogP contribution >= 0.6 is 0 Å². The Hall–Kier alpha value is -1.15. The van der Waals surface area contributed by atoms with Crippen LogP contribution in [0.4, 0.5) is 0 Å². The van der Waals surface area contributed by atoms with Gasteiger partial charge in [-0.3, -0.25) is 13.8 Å². The van der Waals surface area contributed by atoms with Crippen LogP contribution in [0.3, 0.4) is 0 Å². The Bertz CT molecular complexity index is 539. The summed E-state index contributed by atoms with van der Waals surface area (Å²) >= 11 is 0. The molecule has 106 valence electrons. The fourth-order valence-electron chi connectivity index (χ4n) is 3.78.